The van der Waals surface area contributed by atoms with Crippen molar-refractivity contribution in [2.75, 3.05) is 6.61 Å². The van der Waals surface area contributed by atoms with Crippen molar-refractivity contribution in [1.82, 2.24) is 0 Å². The minimum Gasteiger partial charge on any atom is -0.390 e. The van der Waals surface area contributed by atoms with E-state index in [4.69, 9.17) is 9.47 Å². The molecule has 0 amide bonds. The lowest BCUT2D eigenvalue weighted by Gasteiger charge is -2.66. The van der Waals surface area contributed by atoms with Gasteiger partial charge in [-0.1, -0.05) is 27.7 Å². The van der Waals surface area contributed by atoms with E-state index < -0.39 is 35.1 Å². The molecule has 6 rings (SSSR count). The second-order valence-corrected chi connectivity index (χ2v) is 13.5. The molecule has 6 nitrogen and oxygen atoms in total. The summed E-state index contributed by atoms with van der Waals surface area (Å²) in [7, 11) is 0. The molecule has 6 aliphatic rings. The smallest absolute Gasteiger partial charge is 0.171 e. The number of ether oxygens (including phenoxy) is 2. The summed E-state index contributed by atoms with van der Waals surface area (Å²) in [6.07, 6.45) is 3.67. The average Bonchev–Trinajstić information content (AvgIpc) is 3.21. The monoisotopic (exact) mass is 464 g/mol. The van der Waals surface area contributed by atoms with Crippen LogP contribution in [0.2, 0.25) is 0 Å². The lowest BCUT2D eigenvalue weighted by molar-refractivity contribution is -0.290. The normalized spacial score (nSPS) is 64.7. The Morgan fingerprint density at radius 2 is 1.67 bits per heavy atom. The first kappa shape index (κ1) is 23.2. The Kier molecular flexibility index (Phi) is 5.03. The number of hydrogen-bond donors (Lipinski definition) is 4. The van der Waals surface area contributed by atoms with Crippen LogP contribution in [0, 0.1) is 46.3 Å². The van der Waals surface area contributed by atoms with Crippen LogP contribution in [0.15, 0.2) is 0 Å². The summed E-state index contributed by atoms with van der Waals surface area (Å²) in [6, 6.07) is 0. The number of aliphatic hydroxyl groups excluding tert-OH is 3. The molecule has 6 fully saturated rings. The van der Waals surface area contributed by atoms with E-state index >= 15 is 0 Å². The zero-order valence-electron chi connectivity index (χ0n) is 20.7. The molecule has 0 aromatic rings. The standard InChI is InChI=1S/C27H44O6/c1-14-5-10-27(32-13-14)15(2)21-20(33-27)11-18-16-6-9-26(31)12-19(28)22(29)23(30)25(26,4)17(16)7-8-24(18,21)3/h14-23,28-31H,5-13H2,1-4H3/t14-,15-,16+,17-,18-,19+,20-,21-,22+,23+,24-,25-,26-,27+/m0/s1. The molecule has 0 bridgehead atoms. The Balaban J connectivity index is 1.30. The molecule has 4 N–H and O–H groups in total. The fraction of sp³-hybridized carbons (Fsp3) is 1.00. The molecule has 1 spiro atoms. The first-order chi connectivity index (χ1) is 15.5. The Hall–Kier alpha value is -0.240. The summed E-state index contributed by atoms with van der Waals surface area (Å²) < 4.78 is 13.2. The molecule has 2 saturated heterocycles. The third-order valence-corrected chi connectivity index (χ3v) is 12.2. The largest absolute Gasteiger partial charge is 0.390 e. The number of rotatable bonds is 0. The predicted octanol–water partition coefficient (Wildman–Crippen LogP) is 2.85. The fourth-order valence-corrected chi connectivity index (χ4v) is 10.3. The lowest BCUT2D eigenvalue weighted by atomic mass is 9.42. The SMILES string of the molecule is C[C@H]1CC[C@@]2(OC1)O[C@H]1C[C@H]3[C@@H]4CC[C@]5(O)C[C@@H](O)[C@@H](O)[C@@H](O)[C@]5(C)[C@H]4CC[C@]3(C)[C@H]1[C@@H]2C. The molecule has 4 aliphatic carbocycles. The van der Waals surface area contributed by atoms with Gasteiger partial charge in [-0.2, -0.15) is 0 Å². The van der Waals surface area contributed by atoms with E-state index in [2.05, 4.69) is 20.8 Å². The molecule has 0 radical (unpaired) electrons. The van der Waals surface area contributed by atoms with Gasteiger partial charge in [0.05, 0.1) is 30.5 Å². The molecule has 0 aromatic heterocycles. The topological polar surface area (TPSA) is 99.4 Å². The number of hydrogen-bond acceptors (Lipinski definition) is 6. The van der Waals surface area contributed by atoms with Crippen LogP contribution in [-0.2, 0) is 9.47 Å². The van der Waals surface area contributed by atoms with Gasteiger partial charge in [-0.25, -0.2) is 0 Å². The van der Waals surface area contributed by atoms with Gasteiger partial charge in [-0.05, 0) is 73.5 Å². The first-order valence-electron chi connectivity index (χ1n) is 13.6. The molecule has 2 heterocycles. The van der Waals surface area contributed by atoms with Gasteiger partial charge in [0.25, 0.3) is 0 Å². The molecule has 14 atom stereocenters. The minimum atomic E-state index is -1.20. The highest BCUT2D eigenvalue weighted by molar-refractivity contribution is 5.20. The third-order valence-electron chi connectivity index (χ3n) is 12.2. The summed E-state index contributed by atoms with van der Waals surface area (Å²) in [5.41, 5.74) is -1.76. The maximum atomic E-state index is 11.7. The highest BCUT2D eigenvalue weighted by Gasteiger charge is 2.72. The summed E-state index contributed by atoms with van der Waals surface area (Å²) in [5.74, 6) is 2.07. The minimum absolute atomic E-state index is 0.140. The second-order valence-electron chi connectivity index (χ2n) is 13.5. The van der Waals surface area contributed by atoms with Gasteiger partial charge >= 0.3 is 0 Å². The highest BCUT2D eigenvalue weighted by atomic mass is 16.7. The molecular formula is C27H44O6. The van der Waals surface area contributed by atoms with Gasteiger partial charge in [-0.15, -0.1) is 0 Å². The second kappa shape index (κ2) is 7.17. The van der Waals surface area contributed by atoms with E-state index in [0.717, 1.165) is 45.1 Å². The van der Waals surface area contributed by atoms with Gasteiger partial charge in [-0.3, -0.25) is 0 Å². The molecule has 2 aliphatic heterocycles. The lowest BCUT2D eigenvalue weighted by Crippen LogP contribution is -2.71. The Morgan fingerprint density at radius 1 is 0.909 bits per heavy atom. The first-order valence-corrected chi connectivity index (χ1v) is 13.6. The van der Waals surface area contributed by atoms with Gasteiger partial charge < -0.3 is 29.9 Å². The van der Waals surface area contributed by atoms with Crippen LogP contribution in [0.5, 0.6) is 0 Å². The van der Waals surface area contributed by atoms with Crippen LogP contribution in [0.25, 0.3) is 0 Å². The van der Waals surface area contributed by atoms with Gasteiger partial charge in [0.1, 0.15) is 6.10 Å². The van der Waals surface area contributed by atoms with Crippen molar-refractivity contribution < 1.29 is 29.9 Å². The van der Waals surface area contributed by atoms with Crippen LogP contribution < -0.4 is 0 Å². The van der Waals surface area contributed by atoms with E-state index in [1.54, 1.807) is 0 Å². The van der Waals surface area contributed by atoms with Gasteiger partial charge in [0.2, 0.25) is 0 Å². The molecule has 33 heavy (non-hydrogen) atoms. The Bertz CT molecular complexity index is 795. The highest BCUT2D eigenvalue weighted by Crippen LogP contribution is 2.71. The fourth-order valence-electron chi connectivity index (χ4n) is 10.3. The zero-order valence-corrected chi connectivity index (χ0v) is 20.7. The van der Waals surface area contributed by atoms with Crippen molar-refractivity contribution in [3.05, 3.63) is 0 Å². The Labute approximate surface area is 198 Å². The molecule has 0 unspecified atom stereocenters. The molecule has 0 aromatic carbocycles. The van der Waals surface area contributed by atoms with Crippen molar-refractivity contribution in [3.63, 3.8) is 0 Å². The Morgan fingerprint density at radius 3 is 2.36 bits per heavy atom. The molecule has 4 saturated carbocycles. The summed E-state index contributed by atoms with van der Waals surface area (Å²) in [4.78, 5) is 0. The van der Waals surface area contributed by atoms with Crippen molar-refractivity contribution >= 4 is 0 Å². The molecular weight excluding hydrogens is 420 g/mol. The summed E-state index contributed by atoms with van der Waals surface area (Å²) in [5, 5.41) is 43.8. The van der Waals surface area contributed by atoms with Crippen molar-refractivity contribution in [3.8, 4) is 0 Å². The van der Waals surface area contributed by atoms with Crippen molar-refractivity contribution in [2.24, 2.45) is 46.3 Å². The maximum Gasteiger partial charge on any atom is 0.171 e. The number of fused-ring (bicyclic) bond motifs is 7. The van der Waals surface area contributed by atoms with Gasteiger partial charge in [0, 0.05) is 24.2 Å². The molecule has 6 heteroatoms. The predicted molar refractivity (Wildman–Crippen MR) is 122 cm³/mol. The van der Waals surface area contributed by atoms with Crippen LogP contribution in [0.1, 0.15) is 79.1 Å². The van der Waals surface area contributed by atoms with E-state index in [0.29, 0.717) is 36.0 Å². The van der Waals surface area contributed by atoms with Crippen LogP contribution in [0.3, 0.4) is 0 Å². The summed E-state index contributed by atoms with van der Waals surface area (Å²) in [6.45, 7) is 9.85. The number of aliphatic hydroxyl groups is 4. The van der Waals surface area contributed by atoms with E-state index in [1.807, 2.05) is 6.92 Å². The molecule has 188 valence electrons. The van der Waals surface area contributed by atoms with Crippen LogP contribution in [-0.4, -0.2) is 62.8 Å². The van der Waals surface area contributed by atoms with Gasteiger partial charge in [0.15, 0.2) is 5.79 Å². The summed E-state index contributed by atoms with van der Waals surface area (Å²) >= 11 is 0. The quantitative estimate of drug-likeness (QED) is 0.440. The van der Waals surface area contributed by atoms with Crippen LogP contribution in [0.4, 0.5) is 0 Å². The zero-order chi connectivity index (χ0) is 23.6. The maximum absolute atomic E-state index is 11.7. The van der Waals surface area contributed by atoms with E-state index in [1.165, 1.54) is 0 Å². The van der Waals surface area contributed by atoms with E-state index in [-0.39, 0.29) is 23.9 Å². The van der Waals surface area contributed by atoms with Crippen molar-refractivity contribution in [1.29, 1.82) is 0 Å². The average molecular weight is 465 g/mol. The van der Waals surface area contributed by atoms with Crippen molar-refractivity contribution in [2.45, 2.75) is 115 Å². The third kappa shape index (κ3) is 2.77. The van der Waals surface area contributed by atoms with E-state index in [9.17, 15) is 20.4 Å². The van der Waals surface area contributed by atoms with Crippen LogP contribution >= 0.6 is 0 Å².